The Balaban J connectivity index is 1.65. The average Bonchev–Trinajstić information content (AvgIpc) is 3.07. The molecule has 0 bridgehead atoms. The number of amides is 1. The topological polar surface area (TPSA) is 70.1 Å². The van der Waals surface area contributed by atoms with Gasteiger partial charge in [-0.3, -0.25) is 9.89 Å². The van der Waals surface area contributed by atoms with E-state index in [1.165, 1.54) is 5.56 Å². The summed E-state index contributed by atoms with van der Waals surface area (Å²) < 4.78 is 0. The predicted molar refractivity (Wildman–Crippen MR) is 90.3 cm³/mol. The van der Waals surface area contributed by atoms with E-state index in [0.717, 1.165) is 16.8 Å². The average molecular weight is 304 g/mol. The van der Waals surface area contributed by atoms with Crippen LogP contribution in [0, 0.1) is 6.92 Å². The minimum atomic E-state index is -0.331. The zero-order valence-corrected chi connectivity index (χ0v) is 12.7. The molecule has 0 saturated heterocycles. The third-order valence-corrected chi connectivity index (χ3v) is 3.35. The number of hydrazone groups is 1. The Morgan fingerprint density at radius 3 is 2.61 bits per heavy atom. The van der Waals surface area contributed by atoms with Gasteiger partial charge in [-0.05, 0) is 18.6 Å². The van der Waals surface area contributed by atoms with Crippen molar-refractivity contribution in [2.24, 2.45) is 5.10 Å². The minimum Gasteiger partial charge on any atom is -0.272 e. The minimum absolute atomic E-state index is 0.331. The van der Waals surface area contributed by atoms with Crippen LogP contribution in [0.1, 0.15) is 21.6 Å². The highest BCUT2D eigenvalue weighted by molar-refractivity contribution is 5.94. The molecule has 1 amide bonds. The Bertz CT molecular complexity index is 820. The summed E-state index contributed by atoms with van der Waals surface area (Å²) in [5.74, 6) is -0.331. The molecule has 0 aliphatic rings. The molecule has 0 atom stereocenters. The molecule has 0 saturated carbocycles. The maximum atomic E-state index is 12.0. The van der Waals surface area contributed by atoms with Crippen molar-refractivity contribution in [2.45, 2.75) is 6.92 Å². The lowest BCUT2D eigenvalue weighted by Crippen LogP contribution is -2.17. The highest BCUT2D eigenvalue weighted by Gasteiger charge is 2.09. The number of hydrogen-bond acceptors (Lipinski definition) is 3. The van der Waals surface area contributed by atoms with E-state index in [9.17, 15) is 4.79 Å². The van der Waals surface area contributed by atoms with Crippen molar-refractivity contribution in [1.82, 2.24) is 15.6 Å². The molecule has 0 aliphatic heterocycles. The number of rotatable bonds is 4. The van der Waals surface area contributed by atoms with Crippen molar-refractivity contribution in [2.75, 3.05) is 0 Å². The van der Waals surface area contributed by atoms with E-state index >= 15 is 0 Å². The van der Waals surface area contributed by atoms with Crippen LogP contribution in [-0.2, 0) is 0 Å². The van der Waals surface area contributed by atoms with Crippen LogP contribution in [0.25, 0.3) is 11.3 Å². The predicted octanol–water partition coefficient (Wildman–Crippen LogP) is 3.15. The summed E-state index contributed by atoms with van der Waals surface area (Å²) in [4.78, 5) is 12.0. The van der Waals surface area contributed by atoms with Gasteiger partial charge in [0, 0.05) is 5.56 Å². The van der Waals surface area contributed by atoms with Gasteiger partial charge in [0.05, 0.1) is 11.9 Å². The fourth-order valence-corrected chi connectivity index (χ4v) is 2.07. The third-order valence-electron chi connectivity index (χ3n) is 3.35. The van der Waals surface area contributed by atoms with E-state index in [2.05, 4.69) is 20.7 Å². The summed E-state index contributed by atoms with van der Waals surface area (Å²) in [7, 11) is 0. The second-order valence-corrected chi connectivity index (χ2v) is 5.14. The number of H-pyrrole nitrogens is 1. The molecular weight excluding hydrogens is 288 g/mol. The van der Waals surface area contributed by atoms with E-state index in [0.29, 0.717) is 5.69 Å². The lowest BCUT2D eigenvalue weighted by molar-refractivity contribution is 0.0950. The molecule has 0 fully saturated rings. The molecule has 0 radical (unpaired) electrons. The maximum absolute atomic E-state index is 12.0. The first-order chi connectivity index (χ1) is 11.2. The summed E-state index contributed by atoms with van der Waals surface area (Å²) in [5.41, 5.74) is 6.62. The quantitative estimate of drug-likeness (QED) is 0.574. The van der Waals surface area contributed by atoms with Crippen LogP contribution >= 0.6 is 0 Å². The molecule has 2 aromatic carbocycles. The molecule has 5 nitrogen and oxygen atoms in total. The van der Waals surface area contributed by atoms with E-state index in [-0.39, 0.29) is 5.91 Å². The second kappa shape index (κ2) is 6.70. The zero-order chi connectivity index (χ0) is 16.1. The molecule has 0 unspecified atom stereocenters. The zero-order valence-electron chi connectivity index (χ0n) is 12.7. The Labute approximate surface area is 134 Å². The largest absolute Gasteiger partial charge is 0.289 e. The molecule has 3 rings (SSSR count). The SMILES string of the molecule is Cc1ccc(/C=N/NC(=O)c2cc(-c3ccccc3)n[nH]2)cc1. The molecule has 1 aromatic heterocycles. The monoisotopic (exact) mass is 304 g/mol. The summed E-state index contributed by atoms with van der Waals surface area (Å²) in [6, 6.07) is 19.2. The summed E-state index contributed by atoms with van der Waals surface area (Å²) >= 11 is 0. The molecule has 5 heteroatoms. The number of nitrogens with zero attached hydrogens (tertiary/aromatic N) is 2. The first kappa shape index (κ1) is 14.7. The van der Waals surface area contributed by atoms with Gasteiger partial charge in [0.1, 0.15) is 5.69 Å². The summed E-state index contributed by atoms with van der Waals surface area (Å²) in [6.45, 7) is 2.02. The molecule has 2 N–H and O–H groups in total. The van der Waals surface area contributed by atoms with Gasteiger partial charge in [0.25, 0.3) is 5.91 Å². The van der Waals surface area contributed by atoms with Gasteiger partial charge < -0.3 is 0 Å². The van der Waals surface area contributed by atoms with Gasteiger partial charge >= 0.3 is 0 Å². The van der Waals surface area contributed by atoms with Gasteiger partial charge in [0.2, 0.25) is 0 Å². The summed E-state index contributed by atoms with van der Waals surface area (Å²) in [6.07, 6.45) is 1.60. The number of benzene rings is 2. The standard InChI is InChI=1S/C18H16N4O/c1-13-7-9-14(10-8-13)12-19-22-18(23)17-11-16(20-21-17)15-5-3-2-4-6-15/h2-12H,1H3,(H,20,21)(H,22,23)/b19-12+. The molecule has 0 spiro atoms. The lowest BCUT2D eigenvalue weighted by atomic mass is 10.1. The van der Waals surface area contributed by atoms with Crippen molar-refractivity contribution in [3.8, 4) is 11.3 Å². The van der Waals surface area contributed by atoms with Gasteiger partial charge in [-0.2, -0.15) is 10.2 Å². The number of nitrogens with one attached hydrogen (secondary N) is 2. The molecule has 23 heavy (non-hydrogen) atoms. The fourth-order valence-electron chi connectivity index (χ4n) is 2.07. The van der Waals surface area contributed by atoms with Crippen molar-refractivity contribution < 1.29 is 4.79 Å². The molecule has 114 valence electrons. The van der Waals surface area contributed by atoms with Gasteiger partial charge in [-0.15, -0.1) is 0 Å². The molecule has 1 heterocycles. The Hall–Kier alpha value is -3.21. The lowest BCUT2D eigenvalue weighted by Gasteiger charge is -1.96. The maximum Gasteiger partial charge on any atom is 0.289 e. The van der Waals surface area contributed by atoms with Crippen LogP contribution in [0.4, 0.5) is 0 Å². The normalized spacial score (nSPS) is 10.8. The van der Waals surface area contributed by atoms with Crippen LogP contribution < -0.4 is 5.43 Å². The Morgan fingerprint density at radius 1 is 1.13 bits per heavy atom. The number of aryl methyl sites for hydroxylation is 1. The fraction of sp³-hybridized carbons (Fsp3) is 0.0556. The third kappa shape index (κ3) is 3.71. The highest BCUT2D eigenvalue weighted by atomic mass is 16.2. The van der Waals surface area contributed by atoms with Crippen LogP contribution in [0.5, 0.6) is 0 Å². The first-order valence-electron chi connectivity index (χ1n) is 7.23. The van der Waals surface area contributed by atoms with E-state index < -0.39 is 0 Å². The van der Waals surface area contributed by atoms with E-state index in [4.69, 9.17) is 0 Å². The summed E-state index contributed by atoms with van der Waals surface area (Å²) in [5, 5.41) is 10.8. The van der Waals surface area contributed by atoms with Crippen LogP contribution in [-0.4, -0.2) is 22.3 Å². The van der Waals surface area contributed by atoms with Crippen molar-refractivity contribution >= 4 is 12.1 Å². The van der Waals surface area contributed by atoms with Crippen molar-refractivity contribution in [3.05, 3.63) is 77.5 Å². The second-order valence-electron chi connectivity index (χ2n) is 5.14. The smallest absolute Gasteiger partial charge is 0.272 e. The number of carbonyl (C=O) groups excluding carboxylic acids is 1. The van der Waals surface area contributed by atoms with E-state index in [1.54, 1.807) is 12.3 Å². The van der Waals surface area contributed by atoms with Gasteiger partial charge in [-0.1, -0.05) is 60.2 Å². The van der Waals surface area contributed by atoms with Crippen LogP contribution in [0.2, 0.25) is 0 Å². The molecular formula is C18H16N4O. The Kier molecular flexibility index (Phi) is 4.29. The number of aromatic nitrogens is 2. The van der Waals surface area contributed by atoms with Gasteiger partial charge in [-0.25, -0.2) is 5.43 Å². The van der Waals surface area contributed by atoms with Crippen LogP contribution in [0.3, 0.4) is 0 Å². The van der Waals surface area contributed by atoms with Gasteiger partial charge in [0.15, 0.2) is 0 Å². The van der Waals surface area contributed by atoms with Crippen LogP contribution in [0.15, 0.2) is 65.8 Å². The number of aromatic amines is 1. The Morgan fingerprint density at radius 2 is 1.87 bits per heavy atom. The first-order valence-corrected chi connectivity index (χ1v) is 7.23. The molecule has 3 aromatic rings. The highest BCUT2D eigenvalue weighted by Crippen LogP contribution is 2.16. The number of carbonyl (C=O) groups is 1. The van der Waals surface area contributed by atoms with E-state index in [1.807, 2.05) is 61.5 Å². The van der Waals surface area contributed by atoms with Crippen molar-refractivity contribution in [3.63, 3.8) is 0 Å². The number of hydrogen-bond donors (Lipinski definition) is 2. The van der Waals surface area contributed by atoms with Crippen molar-refractivity contribution in [1.29, 1.82) is 0 Å². The molecule has 0 aliphatic carbocycles.